The Morgan fingerprint density at radius 1 is 1.26 bits per heavy atom. The fourth-order valence-corrected chi connectivity index (χ4v) is 3.51. The molecule has 5 nitrogen and oxygen atoms in total. The van der Waals surface area contributed by atoms with Crippen LogP contribution < -0.4 is 16.2 Å². The summed E-state index contributed by atoms with van der Waals surface area (Å²) < 4.78 is 23.6. The molecule has 0 aliphatic carbocycles. The SMILES string of the molecule is Nc1cc(NCc2cc(Br)cs2)cc(S(N)(=O)=O)c1. The van der Waals surface area contributed by atoms with Crippen LogP contribution in [0.15, 0.2) is 39.0 Å². The minimum absolute atomic E-state index is 0.00219. The number of anilines is 2. The third-order valence-electron chi connectivity index (χ3n) is 2.35. The number of sulfonamides is 1. The Morgan fingerprint density at radius 3 is 2.58 bits per heavy atom. The van der Waals surface area contributed by atoms with E-state index in [2.05, 4.69) is 21.2 Å². The lowest BCUT2D eigenvalue weighted by Gasteiger charge is -2.08. The van der Waals surface area contributed by atoms with Gasteiger partial charge in [0.2, 0.25) is 10.0 Å². The maximum atomic E-state index is 11.3. The number of nitrogens with two attached hydrogens (primary N) is 2. The van der Waals surface area contributed by atoms with Gasteiger partial charge in [0, 0.05) is 32.6 Å². The molecule has 2 aromatic rings. The zero-order chi connectivity index (χ0) is 14.0. The van der Waals surface area contributed by atoms with Crippen molar-refractivity contribution in [2.75, 3.05) is 11.1 Å². The monoisotopic (exact) mass is 361 g/mol. The lowest BCUT2D eigenvalue weighted by molar-refractivity contribution is 0.598. The van der Waals surface area contributed by atoms with Crippen LogP contribution in [0.25, 0.3) is 0 Å². The van der Waals surface area contributed by atoms with Crippen LogP contribution in [0.4, 0.5) is 11.4 Å². The van der Waals surface area contributed by atoms with Gasteiger partial charge in [-0.2, -0.15) is 0 Å². The van der Waals surface area contributed by atoms with Gasteiger partial charge in [-0.1, -0.05) is 0 Å². The summed E-state index contributed by atoms with van der Waals surface area (Å²) in [6.45, 7) is 0.587. The number of hydrogen-bond donors (Lipinski definition) is 3. The maximum absolute atomic E-state index is 11.3. The van der Waals surface area contributed by atoms with E-state index in [0.29, 0.717) is 17.9 Å². The van der Waals surface area contributed by atoms with E-state index in [1.165, 1.54) is 12.1 Å². The minimum Gasteiger partial charge on any atom is -0.399 e. The second-order valence-corrected chi connectivity index (χ2v) is 7.39. The van der Waals surface area contributed by atoms with Crippen LogP contribution >= 0.6 is 27.3 Å². The highest BCUT2D eigenvalue weighted by atomic mass is 79.9. The zero-order valence-electron chi connectivity index (χ0n) is 9.76. The topological polar surface area (TPSA) is 98.2 Å². The number of benzene rings is 1. The summed E-state index contributed by atoms with van der Waals surface area (Å²) in [7, 11) is -3.75. The van der Waals surface area contributed by atoms with Crippen molar-refractivity contribution in [3.63, 3.8) is 0 Å². The summed E-state index contributed by atoms with van der Waals surface area (Å²) in [4.78, 5) is 1.12. The molecule has 0 fully saturated rings. The molecule has 0 unspecified atom stereocenters. The second-order valence-electron chi connectivity index (χ2n) is 3.92. The molecule has 0 saturated carbocycles. The molecule has 102 valence electrons. The molecule has 0 aliphatic heterocycles. The van der Waals surface area contributed by atoms with E-state index >= 15 is 0 Å². The first-order valence-corrected chi connectivity index (χ1v) is 8.46. The largest absolute Gasteiger partial charge is 0.399 e. The molecule has 0 aliphatic rings. The van der Waals surface area contributed by atoms with Crippen LogP contribution in [0, 0.1) is 0 Å². The number of thiophene rings is 1. The van der Waals surface area contributed by atoms with Crippen molar-refractivity contribution in [3.05, 3.63) is 39.0 Å². The first kappa shape index (κ1) is 14.3. The number of nitrogen functional groups attached to an aromatic ring is 1. The Labute approximate surface area is 123 Å². The molecule has 5 N–H and O–H groups in total. The number of nitrogens with one attached hydrogen (secondary N) is 1. The lowest BCUT2D eigenvalue weighted by atomic mass is 10.3. The number of halogens is 1. The van der Waals surface area contributed by atoms with E-state index in [-0.39, 0.29) is 4.90 Å². The summed E-state index contributed by atoms with van der Waals surface area (Å²) in [6, 6.07) is 6.46. The fourth-order valence-electron chi connectivity index (χ4n) is 1.52. The van der Waals surface area contributed by atoms with Crippen LogP contribution in [0.3, 0.4) is 0 Å². The molecule has 8 heteroatoms. The highest BCUT2D eigenvalue weighted by Gasteiger charge is 2.10. The Bertz CT molecular complexity index is 698. The van der Waals surface area contributed by atoms with Crippen molar-refractivity contribution in [1.82, 2.24) is 0 Å². The smallest absolute Gasteiger partial charge is 0.238 e. The van der Waals surface area contributed by atoms with E-state index in [0.717, 1.165) is 9.35 Å². The Morgan fingerprint density at radius 2 is 2.00 bits per heavy atom. The number of primary sulfonamides is 1. The molecular weight excluding hydrogens is 350 g/mol. The maximum Gasteiger partial charge on any atom is 0.238 e. The number of hydrogen-bond acceptors (Lipinski definition) is 5. The van der Waals surface area contributed by atoms with Gasteiger partial charge in [-0.15, -0.1) is 11.3 Å². The van der Waals surface area contributed by atoms with Crippen LogP contribution in [-0.2, 0) is 16.6 Å². The van der Waals surface area contributed by atoms with E-state index in [1.807, 2.05) is 11.4 Å². The third-order valence-corrected chi connectivity index (χ3v) is 4.94. The summed E-state index contributed by atoms with van der Waals surface area (Å²) >= 11 is 4.97. The molecule has 0 bridgehead atoms. The van der Waals surface area contributed by atoms with E-state index in [9.17, 15) is 8.42 Å². The van der Waals surface area contributed by atoms with Gasteiger partial charge in [0.05, 0.1) is 4.90 Å². The molecule has 0 atom stereocenters. The van der Waals surface area contributed by atoms with Crippen LogP contribution in [0.2, 0.25) is 0 Å². The highest BCUT2D eigenvalue weighted by molar-refractivity contribution is 9.10. The van der Waals surface area contributed by atoms with Crippen molar-refractivity contribution >= 4 is 48.7 Å². The predicted molar refractivity (Wildman–Crippen MR) is 81.6 cm³/mol. The Kier molecular flexibility index (Phi) is 4.14. The third kappa shape index (κ3) is 3.93. The van der Waals surface area contributed by atoms with Gasteiger partial charge < -0.3 is 11.1 Å². The summed E-state index contributed by atoms with van der Waals surface area (Å²) in [5, 5.41) is 10.2. The standard InChI is InChI=1S/C11H12BrN3O2S2/c12-7-1-10(18-6-7)5-15-9-2-8(13)3-11(4-9)19(14,16)17/h1-4,6,15H,5,13H2,(H2,14,16,17). The summed E-state index contributed by atoms with van der Waals surface area (Å²) in [5.41, 5.74) is 6.63. The van der Waals surface area contributed by atoms with Gasteiger partial charge in [-0.05, 0) is 40.2 Å². The van der Waals surface area contributed by atoms with E-state index < -0.39 is 10.0 Å². The minimum atomic E-state index is -3.75. The van der Waals surface area contributed by atoms with Crippen molar-refractivity contribution in [1.29, 1.82) is 0 Å². The van der Waals surface area contributed by atoms with E-state index in [4.69, 9.17) is 10.9 Å². The Balaban J connectivity index is 2.19. The fraction of sp³-hybridized carbons (Fsp3) is 0.0909. The van der Waals surface area contributed by atoms with Gasteiger partial charge in [-0.3, -0.25) is 0 Å². The molecule has 0 saturated heterocycles. The molecule has 2 rings (SSSR count). The zero-order valence-corrected chi connectivity index (χ0v) is 13.0. The second kappa shape index (κ2) is 5.49. The van der Waals surface area contributed by atoms with Crippen molar-refractivity contribution < 1.29 is 8.42 Å². The van der Waals surface area contributed by atoms with Crippen molar-refractivity contribution in [2.24, 2.45) is 5.14 Å². The summed E-state index contributed by atoms with van der Waals surface area (Å²) in [6.07, 6.45) is 0. The van der Waals surface area contributed by atoms with Gasteiger partial charge in [0.15, 0.2) is 0 Å². The van der Waals surface area contributed by atoms with Gasteiger partial charge in [-0.25, -0.2) is 13.6 Å². The molecule has 0 spiro atoms. The first-order valence-electron chi connectivity index (χ1n) is 5.25. The lowest BCUT2D eigenvalue weighted by Crippen LogP contribution is -2.13. The van der Waals surface area contributed by atoms with Gasteiger partial charge >= 0.3 is 0 Å². The average molecular weight is 362 g/mol. The quantitative estimate of drug-likeness (QED) is 0.727. The molecule has 1 heterocycles. The number of rotatable bonds is 4. The van der Waals surface area contributed by atoms with Gasteiger partial charge in [0.1, 0.15) is 0 Å². The van der Waals surface area contributed by atoms with Crippen molar-refractivity contribution in [2.45, 2.75) is 11.4 Å². The average Bonchev–Trinajstić information content (AvgIpc) is 2.71. The molecule has 19 heavy (non-hydrogen) atoms. The first-order chi connectivity index (χ1) is 8.84. The molecular formula is C11H12BrN3O2S2. The molecule has 1 aromatic carbocycles. The van der Waals surface area contributed by atoms with E-state index in [1.54, 1.807) is 17.4 Å². The molecule has 1 aromatic heterocycles. The highest BCUT2D eigenvalue weighted by Crippen LogP contribution is 2.23. The molecule has 0 radical (unpaired) electrons. The van der Waals surface area contributed by atoms with Crippen LogP contribution in [-0.4, -0.2) is 8.42 Å². The van der Waals surface area contributed by atoms with Crippen LogP contribution in [0.1, 0.15) is 4.88 Å². The van der Waals surface area contributed by atoms with Crippen molar-refractivity contribution in [3.8, 4) is 0 Å². The van der Waals surface area contributed by atoms with Gasteiger partial charge in [0.25, 0.3) is 0 Å². The predicted octanol–water partition coefficient (Wildman–Crippen LogP) is 2.35. The Hall–Kier alpha value is -1.09. The normalized spacial score (nSPS) is 11.5. The summed E-state index contributed by atoms with van der Waals surface area (Å²) in [5.74, 6) is 0. The van der Waals surface area contributed by atoms with Crippen LogP contribution in [0.5, 0.6) is 0 Å². The molecule has 0 amide bonds.